The van der Waals surface area contributed by atoms with Crippen LogP contribution in [0.1, 0.15) is 43.9 Å². The number of carbonyl (C=O) groups excluding carboxylic acids is 2. The van der Waals surface area contributed by atoms with Gasteiger partial charge in [0.05, 0.1) is 10.6 Å². The Kier molecular flexibility index (Phi) is 11.2. The minimum absolute atomic E-state index is 0.00520. The van der Waals surface area contributed by atoms with Gasteiger partial charge in [-0.15, -0.1) is 0 Å². The molecule has 0 aliphatic carbocycles. The van der Waals surface area contributed by atoms with E-state index in [0.717, 1.165) is 15.4 Å². The predicted molar refractivity (Wildman–Crippen MR) is 166 cm³/mol. The summed E-state index contributed by atoms with van der Waals surface area (Å²) < 4.78 is 28.9. The Morgan fingerprint density at radius 3 is 2.02 bits per heavy atom. The van der Waals surface area contributed by atoms with Crippen molar-refractivity contribution < 1.29 is 18.0 Å². The van der Waals surface area contributed by atoms with E-state index in [-0.39, 0.29) is 23.3 Å². The summed E-state index contributed by atoms with van der Waals surface area (Å²) in [4.78, 5) is 28.9. The van der Waals surface area contributed by atoms with E-state index in [1.54, 1.807) is 54.6 Å². The molecular weight excluding hydrogens is 581 g/mol. The Morgan fingerprint density at radius 1 is 0.902 bits per heavy atom. The van der Waals surface area contributed by atoms with Gasteiger partial charge in [-0.3, -0.25) is 13.9 Å². The van der Waals surface area contributed by atoms with Crippen LogP contribution in [0, 0.1) is 19.8 Å². The molecule has 3 aromatic rings. The Hall–Kier alpha value is -3.07. The predicted octanol–water partition coefficient (Wildman–Crippen LogP) is 6.39. The van der Waals surface area contributed by atoms with Gasteiger partial charge in [0.1, 0.15) is 12.6 Å². The molecule has 0 aliphatic rings. The summed E-state index contributed by atoms with van der Waals surface area (Å²) in [7, 11) is -4.13. The maximum Gasteiger partial charge on any atom is 0.264 e. The second-order valence-electron chi connectivity index (χ2n) is 10.5. The highest BCUT2D eigenvalue weighted by Crippen LogP contribution is 2.27. The van der Waals surface area contributed by atoms with Crippen LogP contribution in [0.2, 0.25) is 10.0 Å². The number of sulfonamides is 1. The van der Waals surface area contributed by atoms with Crippen LogP contribution in [0.5, 0.6) is 0 Å². The maximum atomic E-state index is 14.1. The van der Waals surface area contributed by atoms with Crippen molar-refractivity contribution in [3.63, 3.8) is 0 Å². The first-order valence-electron chi connectivity index (χ1n) is 13.5. The van der Waals surface area contributed by atoms with Crippen molar-refractivity contribution in [2.45, 2.75) is 58.5 Å². The zero-order chi connectivity index (χ0) is 30.3. The Morgan fingerprint density at radius 2 is 1.49 bits per heavy atom. The average Bonchev–Trinajstić information content (AvgIpc) is 2.92. The van der Waals surface area contributed by atoms with Crippen LogP contribution in [0.3, 0.4) is 0 Å². The normalized spacial score (nSPS) is 12.2. The largest absolute Gasteiger partial charge is 0.354 e. The number of nitrogens with one attached hydrogen (secondary N) is 1. The van der Waals surface area contributed by atoms with Gasteiger partial charge in [-0.25, -0.2) is 8.42 Å². The van der Waals surface area contributed by atoms with E-state index in [1.807, 2.05) is 34.6 Å². The summed E-state index contributed by atoms with van der Waals surface area (Å²) in [5, 5.41) is 3.69. The molecule has 0 bridgehead atoms. The molecule has 7 nitrogen and oxygen atoms in total. The molecule has 0 heterocycles. The number of anilines is 1. The van der Waals surface area contributed by atoms with Crippen LogP contribution in [0.15, 0.2) is 71.6 Å². The number of carbonyl (C=O) groups is 2. The van der Waals surface area contributed by atoms with Gasteiger partial charge >= 0.3 is 0 Å². The summed E-state index contributed by atoms with van der Waals surface area (Å²) in [5.41, 5.74) is 2.78. The first-order valence-corrected chi connectivity index (χ1v) is 15.7. The van der Waals surface area contributed by atoms with Crippen molar-refractivity contribution in [1.29, 1.82) is 0 Å². The van der Waals surface area contributed by atoms with Gasteiger partial charge in [0.15, 0.2) is 0 Å². The highest BCUT2D eigenvalue weighted by molar-refractivity contribution is 7.92. The molecule has 0 aromatic heterocycles. The van der Waals surface area contributed by atoms with E-state index >= 15 is 0 Å². The fourth-order valence-electron chi connectivity index (χ4n) is 4.25. The first-order chi connectivity index (χ1) is 19.3. The molecule has 220 valence electrons. The summed E-state index contributed by atoms with van der Waals surface area (Å²) >= 11 is 12.6. The molecule has 1 atom stereocenters. The summed E-state index contributed by atoms with van der Waals surface area (Å²) in [6, 6.07) is 17.5. The lowest BCUT2D eigenvalue weighted by atomic mass is 10.1. The third-order valence-electron chi connectivity index (χ3n) is 6.64. The van der Waals surface area contributed by atoms with Crippen molar-refractivity contribution in [2.24, 2.45) is 5.92 Å². The number of benzene rings is 3. The number of nitrogens with zero attached hydrogens (tertiary/aromatic N) is 2. The number of rotatable bonds is 12. The van der Waals surface area contributed by atoms with Gasteiger partial charge in [-0.05, 0) is 68.1 Å². The highest BCUT2D eigenvalue weighted by Gasteiger charge is 2.34. The number of amides is 2. The maximum absolute atomic E-state index is 14.1. The molecule has 10 heteroatoms. The molecule has 0 aliphatic heterocycles. The number of hydrogen-bond acceptors (Lipinski definition) is 4. The van der Waals surface area contributed by atoms with Crippen LogP contribution in [0.4, 0.5) is 5.69 Å². The lowest BCUT2D eigenvalue weighted by molar-refractivity contribution is -0.140. The minimum Gasteiger partial charge on any atom is -0.354 e. The number of hydrogen-bond donors (Lipinski definition) is 1. The zero-order valence-electron chi connectivity index (χ0n) is 24.0. The fourth-order valence-corrected chi connectivity index (χ4v) is 6.14. The molecule has 0 spiro atoms. The smallest absolute Gasteiger partial charge is 0.264 e. The molecule has 0 radical (unpaired) electrons. The van der Waals surface area contributed by atoms with Gasteiger partial charge in [-0.1, -0.05) is 85.4 Å². The highest BCUT2D eigenvalue weighted by atomic mass is 35.5. The lowest BCUT2D eigenvalue weighted by Crippen LogP contribution is -2.52. The van der Waals surface area contributed by atoms with Gasteiger partial charge < -0.3 is 10.2 Å². The van der Waals surface area contributed by atoms with Crippen molar-refractivity contribution in [1.82, 2.24) is 10.2 Å². The van der Waals surface area contributed by atoms with E-state index in [2.05, 4.69) is 5.32 Å². The molecule has 0 saturated heterocycles. The molecule has 0 fully saturated rings. The molecule has 2 amide bonds. The van der Waals surface area contributed by atoms with Gasteiger partial charge in [-0.2, -0.15) is 0 Å². The van der Waals surface area contributed by atoms with Crippen molar-refractivity contribution in [3.8, 4) is 0 Å². The van der Waals surface area contributed by atoms with E-state index in [1.165, 1.54) is 17.0 Å². The lowest BCUT2D eigenvalue weighted by Gasteiger charge is -2.33. The molecule has 0 saturated carbocycles. The molecule has 0 unspecified atom stereocenters. The molecule has 41 heavy (non-hydrogen) atoms. The second-order valence-corrected chi connectivity index (χ2v) is 13.2. The monoisotopic (exact) mass is 617 g/mol. The first kappa shape index (κ1) is 32.4. The van der Waals surface area contributed by atoms with Crippen molar-refractivity contribution >= 4 is 50.7 Å². The van der Waals surface area contributed by atoms with E-state index in [9.17, 15) is 18.0 Å². The third-order valence-corrected chi connectivity index (χ3v) is 9.01. The summed E-state index contributed by atoms with van der Waals surface area (Å²) in [5.74, 6) is -0.648. The van der Waals surface area contributed by atoms with Crippen molar-refractivity contribution in [3.05, 3.63) is 93.5 Å². The summed E-state index contributed by atoms with van der Waals surface area (Å²) in [6.07, 6.45) is 0.316. The van der Waals surface area contributed by atoms with Gasteiger partial charge in [0.2, 0.25) is 11.8 Å². The third kappa shape index (κ3) is 8.47. The average molecular weight is 619 g/mol. The molecule has 1 N–H and O–H groups in total. The zero-order valence-corrected chi connectivity index (χ0v) is 26.4. The molecule has 3 aromatic carbocycles. The van der Waals surface area contributed by atoms with Crippen LogP contribution >= 0.6 is 23.2 Å². The minimum atomic E-state index is -4.13. The Balaban J connectivity index is 2.06. The topological polar surface area (TPSA) is 86.8 Å². The van der Waals surface area contributed by atoms with E-state index < -0.39 is 28.5 Å². The SMILES string of the molecule is CC[C@H](C(=O)NCC(C)C)N(Cc1ccc(Cl)cc1Cl)C(=O)CN(c1ccc(C)cc1)S(=O)(=O)c1ccc(C)cc1. The van der Waals surface area contributed by atoms with Crippen LogP contribution in [0.25, 0.3) is 0 Å². The van der Waals surface area contributed by atoms with Gasteiger partial charge in [0.25, 0.3) is 10.0 Å². The fraction of sp³-hybridized carbons (Fsp3) is 0.355. The molecular formula is C31H37Cl2N3O4S. The summed E-state index contributed by atoms with van der Waals surface area (Å²) in [6.45, 7) is 9.45. The number of aryl methyl sites for hydroxylation is 2. The Labute approximate surface area is 253 Å². The molecule has 3 rings (SSSR count). The Bertz CT molecular complexity index is 1460. The number of halogens is 2. The van der Waals surface area contributed by atoms with E-state index in [0.29, 0.717) is 34.3 Å². The van der Waals surface area contributed by atoms with Gasteiger partial charge in [0, 0.05) is 23.1 Å². The second kappa shape index (κ2) is 14.2. The van der Waals surface area contributed by atoms with Crippen LogP contribution < -0.4 is 9.62 Å². The van der Waals surface area contributed by atoms with E-state index in [4.69, 9.17) is 23.2 Å². The van der Waals surface area contributed by atoms with Crippen LogP contribution in [-0.2, 0) is 26.2 Å². The van der Waals surface area contributed by atoms with Crippen molar-refractivity contribution in [2.75, 3.05) is 17.4 Å². The van der Waals surface area contributed by atoms with Crippen LogP contribution in [-0.4, -0.2) is 44.3 Å². The quantitative estimate of drug-likeness (QED) is 0.255. The standard InChI is InChI=1S/C31H37Cl2N3O4S/c1-6-29(31(38)34-18-21(2)3)35(19-24-11-12-25(32)17-28(24)33)30(37)20-36(26-13-7-22(4)8-14-26)41(39,40)27-15-9-23(5)10-16-27/h7-17,21,29H,6,18-20H2,1-5H3,(H,34,38)/t29-/m1/s1.